The van der Waals surface area contributed by atoms with Crippen LogP contribution in [0.15, 0.2) is 54.6 Å². The van der Waals surface area contributed by atoms with Crippen molar-refractivity contribution in [1.82, 2.24) is 0 Å². The molecule has 126 valence electrons. The molecule has 1 aliphatic rings. The van der Waals surface area contributed by atoms with Crippen LogP contribution in [0.1, 0.15) is 40.2 Å². The summed E-state index contributed by atoms with van der Waals surface area (Å²) in [5.41, 5.74) is 2.13. The molecule has 0 fully saturated rings. The van der Waals surface area contributed by atoms with E-state index in [9.17, 15) is 0 Å². The topological polar surface area (TPSA) is 18.5 Å². The van der Waals surface area contributed by atoms with Crippen LogP contribution in [-0.4, -0.2) is 20.8 Å². The van der Waals surface area contributed by atoms with Crippen LogP contribution in [0.3, 0.4) is 0 Å². The van der Waals surface area contributed by atoms with Crippen LogP contribution in [-0.2, 0) is 15.3 Å². The second-order valence-corrected chi connectivity index (χ2v) is 11.1. The lowest BCUT2D eigenvalue weighted by Crippen LogP contribution is -2.51. The van der Waals surface area contributed by atoms with Crippen molar-refractivity contribution in [3.05, 3.63) is 60.2 Å². The lowest BCUT2D eigenvalue weighted by molar-refractivity contribution is 0.126. The van der Waals surface area contributed by atoms with E-state index in [0.29, 0.717) is 11.1 Å². The minimum Gasteiger partial charge on any atom is -0.387 e. The van der Waals surface area contributed by atoms with Gasteiger partial charge < -0.3 is 8.85 Å². The molecule has 2 nitrogen and oxygen atoms in total. The van der Waals surface area contributed by atoms with Gasteiger partial charge in [0.1, 0.15) is 0 Å². The van der Waals surface area contributed by atoms with E-state index in [0.717, 1.165) is 6.42 Å². The molecule has 23 heavy (non-hydrogen) atoms. The van der Waals surface area contributed by atoms with E-state index < -0.39 is 8.56 Å². The maximum Gasteiger partial charge on any atom is 0.344 e. The standard InChI is InChI=1S/C20H30O2Si/c1-6-10-19-13-14-20(15-18-11-8-7-9-12-18)22-23(21-19,16(2)3)17(4)5/h6-14,16-17,19-20H,15H2,1-5H3/b10-6+/t19-,20-/m1/s1. The molecule has 0 radical (unpaired) electrons. The first-order valence-electron chi connectivity index (χ1n) is 8.68. The van der Waals surface area contributed by atoms with E-state index in [2.05, 4.69) is 82.3 Å². The van der Waals surface area contributed by atoms with Gasteiger partial charge >= 0.3 is 8.56 Å². The third-order valence-electron chi connectivity index (χ3n) is 4.44. The number of hydrogen-bond acceptors (Lipinski definition) is 2. The summed E-state index contributed by atoms with van der Waals surface area (Å²) in [6.07, 6.45) is 9.55. The zero-order chi connectivity index (χ0) is 16.9. The summed E-state index contributed by atoms with van der Waals surface area (Å²) in [5.74, 6) is 0. The van der Waals surface area contributed by atoms with Crippen molar-refractivity contribution < 1.29 is 8.85 Å². The van der Waals surface area contributed by atoms with Gasteiger partial charge in [0.25, 0.3) is 0 Å². The van der Waals surface area contributed by atoms with E-state index in [1.54, 1.807) is 0 Å². The fourth-order valence-electron chi connectivity index (χ4n) is 3.25. The predicted molar refractivity (Wildman–Crippen MR) is 99.8 cm³/mol. The third kappa shape index (κ3) is 4.43. The normalized spacial score (nSPS) is 24.5. The largest absolute Gasteiger partial charge is 0.387 e. The second-order valence-electron chi connectivity index (χ2n) is 6.87. The monoisotopic (exact) mass is 330 g/mol. The van der Waals surface area contributed by atoms with Crippen LogP contribution in [0.4, 0.5) is 0 Å². The van der Waals surface area contributed by atoms with Gasteiger partial charge in [0.2, 0.25) is 0 Å². The number of hydrogen-bond donors (Lipinski definition) is 0. The summed E-state index contributed by atoms with van der Waals surface area (Å²) in [5, 5.41) is 0. The summed E-state index contributed by atoms with van der Waals surface area (Å²) in [6.45, 7) is 11.0. The molecule has 3 heteroatoms. The lowest BCUT2D eigenvalue weighted by Gasteiger charge is -2.39. The van der Waals surface area contributed by atoms with E-state index >= 15 is 0 Å². The van der Waals surface area contributed by atoms with Gasteiger partial charge in [-0.05, 0) is 23.6 Å². The van der Waals surface area contributed by atoms with E-state index in [-0.39, 0.29) is 12.2 Å². The fraction of sp³-hybridized carbons (Fsp3) is 0.500. The van der Waals surface area contributed by atoms with Crippen molar-refractivity contribution in [1.29, 1.82) is 0 Å². The molecule has 1 heterocycles. The quantitative estimate of drug-likeness (QED) is 0.531. The predicted octanol–water partition coefficient (Wildman–Crippen LogP) is 5.41. The Morgan fingerprint density at radius 2 is 1.65 bits per heavy atom. The Labute approximate surface area is 142 Å². The Morgan fingerprint density at radius 3 is 2.22 bits per heavy atom. The summed E-state index contributed by atoms with van der Waals surface area (Å²) in [4.78, 5) is 0. The Hall–Kier alpha value is -1.16. The first-order chi connectivity index (χ1) is 11.0. The zero-order valence-corrected chi connectivity index (χ0v) is 16.0. The first kappa shape index (κ1) is 18.2. The highest BCUT2D eigenvalue weighted by atomic mass is 28.4. The van der Waals surface area contributed by atoms with Crippen LogP contribution >= 0.6 is 0 Å². The van der Waals surface area contributed by atoms with Gasteiger partial charge in [0.15, 0.2) is 0 Å². The fourth-order valence-corrected chi connectivity index (χ4v) is 6.94. The molecule has 0 spiro atoms. The van der Waals surface area contributed by atoms with Crippen molar-refractivity contribution in [2.24, 2.45) is 0 Å². The molecule has 0 aromatic heterocycles. The van der Waals surface area contributed by atoms with E-state index in [1.807, 2.05) is 6.92 Å². The maximum atomic E-state index is 6.70. The van der Waals surface area contributed by atoms with Gasteiger partial charge in [-0.15, -0.1) is 0 Å². The van der Waals surface area contributed by atoms with Crippen LogP contribution in [0.5, 0.6) is 0 Å². The van der Waals surface area contributed by atoms with Gasteiger partial charge in [-0.2, -0.15) is 0 Å². The summed E-state index contributed by atoms with van der Waals surface area (Å²) < 4.78 is 13.3. The molecular formula is C20H30O2Si. The van der Waals surface area contributed by atoms with Crippen molar-refractivity contribution in [3.8, 4) is 0 Å². The second kappa shape index (κ2) is 8.09. The van der Waals surface area contributed by atoms with Gasteiger partial charge in [0, 0.05) is 6.42 Å². The highest BCUT2D eigenvalue weighted by molar-refractivity contribution is 6.70. The van der Waals surface area contributed by atoms with E-state index in [1.165, 1.54) is 5.56 Å². The van der Waals surface area contributed by atoms with Crippen molar-refractivity contribution in [2.75, 3.05) is 0 Å². The number of benzene rings is 1. The van der Waals surface area contributed by atoms with E-state index in [4.69, 9.17) is 8.85 Å². The molecular weight excluding hydrogens is 300 g/mol. The van der Waals surface area contributed by atoms with Crippen LogP contribution in [0.25, 0.3) is 0 Å². The van der Waals surface area contributed by atoms with Crippen LogP contribution in [0, 0.1) is 0 Å². The lowest BCUT2D eigenvalue weighted by atomic mass is 10.1. The average molecular weight is 331 g/mol. The third-order valence-corrected chi connectivity index (χ3v) is 8.97. The molecule has 0 unspecified atom stereocenters. The molecule has 1 aliphatic heterocycles. The Bertz CT molecular complexity index is 526. The molecule has 0 saturated heterocycles. The summed E-state index contributed by atoms with van der Waals surface area (Å²) in [6, 6.07) is 10.6. The maximum absolute atomic E-state index is 6.70. The van der Waals surface area contributed by atoms with Gasteiger partial charge in [-0.1, -0.05) is 82.3 Å². The molecule has 0 bridgehead atoms. The number of allylic oxidation sites excluding steroid dienone is 1. The Morgan fingerprint density at radius 1 is 1.00 bits per heavy atom. The molecule has 0 N–H and O–H groups in total. The van der Waals surface area contributed by atoms with Crippen LogP contribution in [0.2, 0.25) is 11.1 Å². The molecule has 2 rings (SSSR count). The molecule has 1 aromatic carbocycles. The number of rotatable bonds is 5. The minimum atomic E-state index is -2.32. The van der Waals surface area contributed by atoms with Gasteiger partial charge in [0.05, 0.1) is 12.2 Å². The zero-order valence-electron chi connectivity index (χ0n) is 15.0. The van der Waals surface area contributed by atoms with Crippen molar-refractivity contribution in [2.45, 2.75) is 64.3 Å². The first-order valence-corrected chi connectivity index (χ1v) is 10.7. The SMILES string of the molecule is C/C=C/[C@@H]1C=C[C@H](Cc2ccccc2)O[Si](C(C)C)(C(C)C)O1. The summed E-state index contributed by atoms with van der Waals surface area (Å²) in [7, 11) is -2.32. The molecule has 0 saturated carbocycles. The van der Waals surface area contributed by atoms with Crippen LogP contribution < -0.4 is 0 Å². The highest BCUT2D eigenvalue weighted by Crippen LogP contribution is 2.38. The molecule has 0 amide bonds. The van der Waals surface area contributed by atoms with Gasteiger partial charge in [-0.3, -0.25) is 0 Å². The molecule has 1 aromatic rings. The average Bonchev–Trinajstić information content (AvgIpc) is 2.70. The smallest absolute Gasteiger partial charge is 0.344 e. The Kier molecular flexibility index (Phi) is 6.39. The summed E-state index contributed by atoms with van der Waals surface area (Å²) >= 11 is 0. The van der Waals surface area contributed by atoms with Crippen molar-refractivity contribution in [3.63, 3.8) is 0 Å². The minimum absolute atomic E-state index is 0.0252. The highest BCUT2D eigenvalue weighted by Gasteiger charge is 2.48. The molecule has 0 aliphatic carbocycles. The molecule has 2 atom stereocenters. The van der Waals surface area contributed by atoms with Gasteiger partial charge in [-0.25, -0.2) is 0 Å². The van der Waals surface area contributed by atoms with Crippen molar-refractivity contribution >= 4 is 8.56 Å². The Balaban J connectivity index is 2.30.